The summed E-state index contributed by atoms with van der Waals surface area (Å²) >= 11 is 0. The van der Waals surface area contributed by atoms with Gasteiger partial charge in [0.05, 0.1) is 93.7 Å². The number of carbonyl (C=O) groups excluding carboxylic acids is 16. The largest absolute Gasteiger partial charge is 0.465 e. The monoisotopic (exact) mass is 2140 g/mol. The number of cyclic esters (lactones) is 9. The molecule has 0 aromatic rings. The summed E-state index contributed by atoms with van der Waals surface area (Å²) in [6.45, 7) is 73.5. The van der Waals surface area contributed by atoms with Crippen LogP contribution in [0.1, 0.15) is 490 Å². The number of methoxy groups -OCH3 is 1. The molecule has 9 heterocycles. The predicted molar refractivity (Wildman–Crippen MR) is 589 cm³/mol. The zero-order valence-electron chi connectivity index (χ0n) is 89.0. The van der Waals surface area contributed by atoms with E-state index in [-0.39, 0.29) is 243 Å². The smallest absolute Gasteiger partial charge is 0.351 e. The second-order valence-corrected chi connectivity index (χ2v) is 44.8. The lowest BCUT2D eigenvalue weighted by Gasteiger charge is -2.36. The van der Waals surface area contributed by atoms with Crippen LogP contribution in [-0.2, 0) is 157 Å². The van der Waals surface area contributed by atoms with Gasteiger partial charge in [0.15, 0.2) is 23.4 Å². The van der Waals surface area contributed by atoms with Gasteiger partial charge in [-0.3, -0.25) is 62.3 Å². The average Bonchev–Trinajstić information content (AvgIpc) is 1.53. The van der Waals surface area contributed by atoms with Crippen LogP contribution in [0.4, 0.5) is 0 Å². The second kappa shape index (κ2) is 66.4. The SMILES string of the molecule is C.C.C.C.C.C.C.C.C.C.C.C.C.C.CCC(C)(C)C(=O)OC1(C)CC(=O)OC1(C)C.CCC(C)(C)C(=O)OC1(C)CC(C)(C)OC1=O.CCC(C)(C)C(=O)OC1CC(=O)OC1(C)C.CCC(C)(C)C(=O)OC1CC(=O)OC1(C)COC.CCC(C)(C)C(=O)OC1CC(C)(C)OC1=O.CCC(C)(C)C(=O)OC1CC(C)OC1=O.CCC(C)(C)C(=O)OCC1CCOC1=O.CCC1(C)CC(C)(C)OC1=O.CCC1(C)CCOC1=O. The minimum Gasteiger partial charge on any atom is -0.465 e. The summed E-state index contributed by atoms with van der Waals surface area (Å²) in [5, 5.41) is 0. The van der Waals surface area contributed by atoms with E-state index in [0.29, 0.717) is 77.4 Å². The first-order chi connectivity index (χ1) is 60.6. The molecule has 0 aromatic heterocycles. The summed E-state index contributed by atoms with van der Waals surface area (Å²) in [4.78, 5) is 185. The van der Waals surface area contributed by atoms with Gasteiger partial charge < -0.3 is 80.5 Å². The summed E-state index contributed by atoms with van der Waals surface area (Å²) in [6, 6.07) is 0. The van der Waals surface area contributed by atoms with E-state index < -0.39 is 119 Å². The molecule has 33 heteroatoms. The van der Waals surface area contributed by atoms with Gasteiger partial charge in [-0.1, -0.05) is 166 Å². The zero-order chi connectivity index (χ0) is 105. The number of hydrogen-bond donors (Lipinski definition) is 0. The highest BCUT2D eigenvalue weighted by atomic mass is 16.7. The van der Waals surface area contributed by atoms with Gasteiger partial charge in [0.25, 0.3) is 0 Å². The number of esters is 16. The van der Waals surface area contributed by atoms with E-state index in [1.165, 1.54) is 7.11 Å². The van der Waals surface area contributed by atoms with Crippen molar-refractivity contribution >= 4 is 95.5 Å². The molecular weight excluding hydrogens is 1910 g/mol. The molecule has 11 atom stereocenters. The van der Waals surface area contributed by atoms with Crippen molar-refractivity contribution in [3.8, 4) is 0 Å². The molecular formula is C115H226O33. The Bertz CT molecular complexity index is 4080. The molecule has 148 heavy (non-hydrogen) atoms. The molecule has 33 nitrogen and oxygen atoms in total. The summed E-state index contributed by atoms with van der Waals surface area (Å²) < 4.78 is 87.7. The Morgan fingerprint density at radius 3 is 1.03 bits per heavy atom. The molecule has 0 saturated carbocycles. The van der Waals surface area contributed by atoms with Crippen LogP contribution in [0.5, 0.6) is 0 Å². The van der Waals surface area contributed by atoms with Crippen LogP contribution in [0.2, 0.25) is 0 Å². The number of carbonyl (C=O) groups is 16. The Labute approximate surface area is 901 Å². The van der Waals surface area contributed by atoms with E-state index >= 15 is 0 Å². The van der Waals surface area contributed by atoms with Crippen molar-refractivity contribution in [1.82, 2.24) is 0 Å². The van der Waals surface area contributed by atoms with E-state index in [1.54, 1.807) is 83.1 Å². The van der Waals surface area contributed by atoms with Crippen LogP contribution in [-0.4, -0.2) is 204 Å². The molecule has 0 N–H and O–H groups in total. The highest BCUT2D eigenvalue weighted by Gasteiger charge is 2.58. The van der Waals surface area contributed by atoms with Crippen LogP contribution in [0.15, 0.2) is 0 Å². The van der Waals surface area contributed by atoms with Crippen LogP contribution in [0.3, 0.4) is 0 Å². The maximum atomic E-state index is 12.1. The maximum absolute atomic E-state index is 12.1. The van der Waals surface area contributed by atoms with Crippen molar-refractivity contribution in [1.29, 1.82) is 0 Å². The Kier molecular flexibility index (Phi) is 76.3. The molecule has 9 saturated heterocycles. The van der Waals surface area contributed by atoms with Gasteiger partial charge in [0, 0.05) is 32.8 Å². The van der Waals surface area contributed by atoms with Gasteiger partial charge in [0.2, 0.25) is 17.8 Å². The van der Waals surface area contributed by atoms with Crippen molar-refractivity contribution in [3.63, 3.8) is 0 Å². The van der Waals surface area contributed by atoms with E-state index in [1.807, 2.05) is 187 Å². The van der Waals surface area contributed by atoms with Gasteiger partial charge in [-0.2, -0.15) is 0 Å². The molecule has 884 valence electrons. The van der Waals surface area contributed by atoms with Crippen molar-refractivity contribution in [2.75, 3.05) is 33.5 Å². The molecule has 0 bridgehead atoms. The zero-order valence-corrected chi connectivity index (χ0v) is 89.0. The van der Waals surface area contributed by atoms with E-state index in [2.05, 4.69) is 0 Å². The Balaban J connectivity index is -0.000000113. The fraction of sp³-hybridized carbons (Fsp3) is 0.861. The minimum absolute atomic E-state index is 0. The topological polar surface area (TPSA) is 430 Å². The van der Waals surface area contributed by atoms with E-state index in [4.69, 9.17) is 80.5 Å². The first kappa shape index (κ1) is 170. The quantitative estimate of drug-likeness (QED) is 0.0573. The van der Waals surface area contributed by atoms with Crippen LogP contribution < -0.4 is 0 Å². The van der Waals surface area contributed by atoms with Crippen molar-refractivity contribution < 1.29 is 157 Å². The van der Waals surface area contributed by atoms with Gasteiger partial charge in [-0.05, 0) is 278 Å². The van der Waals surface area contributed by atoms with Gasteiger partial charge in [0.1, 0.15) is 40.7 Å². The van der Waals surface area contributed by atoms with Crippen molar-refractivity contribution in [2.45, 2.75) is 565 Å². The summed E-state index contributed by atoms with van der Waals surface area (Å²) in [5.74, 6) is -5.02. The lowest BCUT2D eigenvalue weighted by atomic mass is 9.81. The molecule has 9 aliphatic heterocycles. The number of rotatable bonds is 26. The summed E-state index contributed by atoms with van der Waals surface area (Å²) in [5.41, 5.74) is -9.87. The first-order valence-electron chi connectivity index (χ1n) is 47.5. The first-order valence-corrected chi connectivity index (χ1v) is 47.5. The van der Waals surface area contributed by atoms with Gasteiger partial charge in [-0.25, -0.2) is 14.4 Å². The fourth-order valence-corrected chi connectivity index (χ4v) is 13.1. The van der Waals surface area contributed by atoms with Gasteiger partial charge in [-0.15, -0.1) is 0 Å². The van der Waals surface area contributed by atoms with Crippen LogP contribution in [0, 0.1) is 54.7 Å². The van der Waals surface area contributed by atoms with Crippen LogP contribution in [0.25, 0.3) is 0 Å². The summed E-state index contributed by atoms with van der Waals surface area (Å²) in [6.07, 6.45) is 7.95. The fourth-order valence-electron chi connectivity index (χ4n) is 13.1. The molecule has 0 spiro atoms. The number of ether oxygens (including phenoxy) is 17. The maximum Gasteiger partial charge on any atom is 0.351 e. The third-order valence-electron chi connectivity index (χ3n) is 27.2. The lowest BCUT2D eigenvalue weighted by Crippen LogP contribution is -2.49. The average molecular weight is 2140 g/mol. The molecule has 0 aromatic carbocycles. The third kappa shape index (κ3) is 49.5. The molecule has 0 amide bonds. The Morgan fingerprint density at radius 1 is 0.365 bits per heavy atom. The summed E-state index contributed by atoms with van der Waals surface area (Å²) in [7, 11) is 1.52. The molecule has 0 radical (unpaired) electrons. The molecule has 0 aliphatic carbocycles. The predicted octanol–water partition coefficient (Wildman–Crippen LogP) is 26.3. The normalized spacial score (nSPS) is 24.6. The number of hydrogen-bond acceptors (Lipinski definition) is 33. The molecule has 9 rings (SSSR count). The minimum atomic E-state index is -1.15. The Hall–Kier alpha value is -8.52. The van der Waals surface area contributed by atoms with Gasteiger partial charge >= 0.3 is 95.5 Å². The van der Waals surface area contributed by atoms with Crippen molar-refractivity contribution in [2.24, 2.45) is 54.7 Å². The van der Waals surface area contributed by atoms with Crippen LogP contribution >= 0.6 is 0 Å². The van der Waals surface area contributed by atoms with E-state index in [0.717, 1.165) is 32.1 Å². The highest BCUT2D eigenvalue weighted by Crippen LogP contribution is 2.45. The Morgan fingerprint density at radius 2 is 0.736 bits per heavy atom. The lowest BCUT2D eigenvalue weighted by molar-refractivity contribution is -0.184. The van der Waals surface area contributed by atoms with Crippen molar-refractivity contribution in [3.05, 3.63) is 0 Å². The van der Waals surface area contributed by atoms with E-state index in [9.17, 15) is 76.7 Å². The molecule has 9 aliphatic rings. The molecule has 9 fully saturated rings. The highest BCUT2D eigenvalue weighted by molar-refractivity contribution is 5.88. The second-order valence-electron chi connectivity index (χ2n) is 44.8. The third-order valence-corrected chi connectivity index (χ3v) is 27.2. The molecule has 11 unspecified atom stereocenters. The standard InChI is InChI=1S/C13H22O5.2C13H22O4.2C12H20O4.2C11H18O4.C9H16O2.C7H12O2.14CH4/c1-6-12(2,3)11(15)17-9-7-10(14)18-13(9,4)8-16-5;1-7-11(2,3)9(14)17-13(6)8-12(4,5)16-10(13)15;1-7-11(2,3)10(15)17-13(6)8-9(14)16-12(13,4)5;1-6-11(2,3)10(14)15-8-7-12(4,5)16-9(8)13;1-6-11(2,3)10(14)15-8-7-9(13)16-12(8,4)5;1-5-11(3,4)10(13)15-8-6-7(2)14-9(8)12;1-4-11(2,3)10(13)15-7-8-5-6-14-9(8)12;1-5-9(4)6-8(2,3)11-7(9)10;1-3-7(2)4-5-9-6(7)8;;;;;;;;;;;;;;/h9H,6-8H2,1-5H3;2*7-8H2,1-6H3;2*8H,6-7H2,1-5H3;7-8H,5-6H2,1-4H3;8H,4-7H2,1-3H3;5-6H2,1-4H3;3-5H2,1-2H3;14*1H4.